The van der Waals surface area contributed by atoms with Crippen molar-refractivity contribution in [2.75, 3.05) is 19.8 Å². The van der Waals surface area contributed by atoms with Crippen LogP contribution in [-0.2, 0) is 9.47 Å². The molecule has 1 aliphatic heterocycles. The first-order valence-corrected chi connectivity index (χ1v) is 6.95. The number of rotatable bonds is 3. The number of hydrogen-bond acceptors (Lipinski definition) is 3. The number of hydrogen-bond donors (Lipinski definition) is 0. The Morgan fingerprint density at radius 1 is 1.25 bits per heavy atom. The molecule has 1 aromatic rings. The molecule has 20 heavy (non-hydrogen) atoms. The summed E-state index contributed by atoms with van der Waals surface area (Å²) < 4.78 is 10.3. The molecule has 0 aromatic heterocycles. The predicted octanol–water partition coefficient (Wildman–Crippen LogP) is 4.85. The largest absolute Gasteiger partial charge is 0.461 e. The van der Waals surface area contributed by atoms with E-state index in [1.54, 1.807) is 6.07 Å². The summed E-state index contributed by atoms with van der Waals surface area (Å²) in [6, 6.07) is 4.64. The van der Waals surface area contributed by atoms with Crippen molar-refractivity contribution in [3.05, 3.63) is 33.8 Å². The van der Waals surface area contributed by atoms with Crippen LogP contribution in [0.15, 0.2) is 18.2 Å². The monoisotopic (exact) mass is 320 g/mol. The zero-order chi connectivity index (χ0) is 14.5. The number of carbonyl (C=O) groups is 1. The normalized spacial score (nSPS) is 15.1. The zero-order valence-corrected chi connectivity index (χ0v) is 12.8. The Hall–Kier alpha value is -0.770. The third-order valence-corrected chi connectivity index (χ3v) is 2.99. The molecular formula is C15H22Cl2O3. The Labute approximate surface area is 131 Å². The van der Waals surface area contributed by atoms with E-state index >= 15 is 0 Å². The van der Waals surface area contributed by atoms with E-state index in [0.717, 1.165) is 0 Å². The minimum Gasteiger partial charge on any atom is -0.461 e. The van der Waals surface area contributed by atoms with E-state index < -0.39 is 5.97 Å². The molecule has 0 N–H and O–H groups in total. The van der Waals surface area contributed by atoms with E-state index in [4.69, 9.17) is 32.7 Å². The lowest BCUT2D eigenvalue weighted by atomic mass is 9.90. The van der Waals surface area contributed by atoms with Gasteiger partial charge in [-0.05, 0) is 18.2 Å². The topological polar surface area (TPSA) is 35.5 Å². The number of carbonyl (C=O) groups excluding carboxylic acids is 1. The maximum atomic E-state index is 11.8. The first-order valence-electron chi connectivity index (χ1n) is 6.19. The summed E-state index contributed by atoms with van der Waals surface area (Å²) in [7, 11) is 0. The van der Waals surface area contributed by atoms with Gasteiger partial charge in [-0.25, -0.2) is 4.79 Å². The van der Waals surface area contributed by atoms with Crippen LogP contribution in [0.1, 0.15) is 38.6 Å². The second-order valence-corrected chi connectivity index (χ2v) is 5.41. The van der Waals surface area contributed by atoms with Gasteiger partial charge in [0.1, 0.15) is 6.61 Å². The predicted molar refractivity (Wildman–Crippen MR) is 83.7 cm³/mol. The smallest absolute Gasteiger partial charge is 0.338 e. The molecule has 1 saturated heterocycles. The second kappa shape index (κ2) is 8.50. The van der Waals surface area contributed by atoms with Crippen LogP contribution in [0.25, 0.3) is 0 Å². The fourth-order valence-electron chi connectivity index (χ4n) is 1.53. The van der Waals surface area contributed by atoms with Gasteiger partial charge in [0, 0.05) is 15.5 Å². The quantitative estimate of drug-likeness (QED) is 0.747. The average molecular weight is 321 g/mol. The maximum absolute atomic E-state index is 11.8. The Balaban J connectivity index is 0.00000115. The standard InChI is InChI=1S/C12H12Cl2O3.C2H6.CH4/c1-12(5-16-6-12)7-17-11(15)8-2-9(13)4-10(14)3-8;1-2;/h2-4H,5-7H2,1H3;1-2H3;1H4. The molecule has 0 saturated carbocycles. The molecule has 3 nitrogen and oxygen atoms in total. The molecule has 2 rings (SSSR count). The van der Waals surface area contributed by atoms with Crippen LogP contribution in [0, 0.1) is 5.41 Å². The summed E-state index contributed by atoms with van der Waals surface area (Å²) in [5.74, 6) is -0.414. The molecule has 114 valence electrons. The number of halogens is 2. The minimum absolute atomic E-state index is 0. The second-order valence-electron chi connectivity index (χ2n) is 4.54. The highest BCUT2D eigenvalue weighted by atomic mass is 35.5. The molecule has 0 spiro atoms. The number of ether oxygens (including phenoxy) is 2. The fourth-order valence-corrected chi connectivity index (χ4v) is 2.05. The van der Waals surface area contributed by atoms with Crippen molar-refractivity contribution in [3.63, 3.8) is 0 Å². The van der Waals surface area contributed by atoms with Crippen LogP contribution in [0.4, 0.5) is 0 Å². The van der Waals surface area contributed by atoms with E-state index in [0.29, 0.717) is 35.4 Å². The summed E-state index contributed by atoms with van der Waals surface area (Å²) in [5, 5.41) is 0.838. The zero-order valence-electron chi connectivity index (χ0n) is 11.3. The molecule has 5 heteroatoms. The Morgan fingerprint density at radius 3 is 2.15 bits per heavy atom. The number of benzene rings is 1. The van der Waals surface area contributed by atoms with Crippen LogP contribution in [0.2, 0.25) is 10.0 Å². The van der Waals surface area contributed by atoms with Crippen molar-refractivity contribution in [1.29, 1.82) is 0 Å². The summed E-state index contributed by atoms with van der Waals surface area (Å²) in [6.07, 6.45) is 0. The lowest BCUT2D eigenvalue weighted by Gasteiger charge is -2.37. The van der Waals surface area contributed by atoms with E-state index in [1.165, 1.54) is 12.1 Å². The van der Waals surface area contributed by atoms with Gasteiger partial charge in [-0.15, -0.1) is 0 Å². The third-order valence-electron chi connectivity index (χ3n) is 2.55. The molecule has 1 heterocycles. The van der Waals surface area contributed by atoms with Crippen LogP contribution in [-0.4, -0.2) is 25.8 Å². The molecule has 0 amide bonds. The molecule has 1 aromatic carbocycles. The van der Waals surface area contributed by atoms with Crippen LogP contribution < -0.4 is 0 Å². The first-order chi connectivity index (χ1) is 8.98. The third kappa shape index (κ3) is 5.31. The Bertz CT molecular complexity index is 422. The van der Waals surface area contributed by atoms with Crippen molar-refractivity contribution in [2.45, 2.75) is 28.2 Å². The molecule has 0 bridgehead atoms. The highest BCUT2D eigenvalue weighted by molar-refractivity contribution is 6.35. The molecule has 1 fully saturated rings. The summed E-state index contributed by atoms with van der Waals surface area (Å²) in [5.41, 5.74) is 0.309. The maximum Gasteiger partial charge on any atom is 0.338 e. The average Bonchev–Trinajstić information content (AvgIpc) is 2.35. The van der Waals surface area contributed by atoms with E-state index in [-0.39, 0.29) is 12.8 Å². The highest BCUT2D eigenvalue weighted by Gasteiger charge is 2.34. The molecule has 0 aliphatic carbocycles. The van der Waals surface area contributed by atoms with Gasteiger partial charge in [0.25, 0.3) is 0 Å². The minimum atomic E-state index is -0.414. The lowest BCUT2D eigenvalue weighted by Crippen LogP contribution is -2.44. The van der Waals surface area contributed by atoms with E-state index in [2.05, 4.69) is 0 Å². The van der Waals surface area contributed by atoms with Crippen molar-refractivity contribution < 1.29 is 14.3 Å². The van der Waals surface area contributed by atoms with Crippen LogP contribution >= 0.6 is 23.2 Å². The molecular weight excluding hydrogens is 299 g/mol. The highest BCUT2D eigenvalue weighted by Crippen LogP contribution is 2.27. The van der Waals surface area contributed by atoms with Crippen molar-refractivity contribution in [3.8, 4) is 0 Å². The Morgan fingerprint density at radius 2 is 1.75 bits per heavy atom. The van der Waals surface area contributed by atoms with Crippen LogP contribution in [0.3, 0.4) is 0 Å². The van der Waals surface area contributed by atoms with Gasteiger partial charge in [-0.3, -0.25) is 0 Å². The van der Waals surface area contributed by atoms with Gasteiger partial charge in [-0.1, -0.05) is 51.4 Å². The summed E-state index contributed by atoms with van der Waals surface area (Å²) >= 11 is 11.6. The summed E-state index contributed by atoms with van der Waals surface area (Å²) in [4.78, 5) is 11.8. The molecule has 0 unspecified atom stereocenters. The fraction of sp³-hybridized carbons (Fsp3) is 0.533. The SMILES string of the molecule is C.CC.CC1(COC(=O)c2cc(Cl)cc(Cl)c2)COC1. The van der Waals surface area contributed by atoms with Gasteiger partial charge >= 0.3 is 5.97 Å². The molecule has 1 aliphatic rings. The van der Waals surface area contributed by atoms with Crippen LogP contribution in [0.5, 0.6) is 0 Å². The van der Waals surface area contributed by atoms with Crippen molar-refractivity contribution in [2.24, 2.45) is 5.41 Å². The van der Waals surface area contributed by atoms with Gasteiger partial charge in [-0.2, -0.15) is 0 Å². The van der Waals surface area contributed by atoms with Gasteiger partial charge in [0.15, 0.2) is 0 Å². The lowest BCUT2D eigenvalue weighted by molar-refractivity contribution is -0.127. The summed E-state index contributed by atoms with van der Waals surface area (Å²) in [6.45, 7) is 7.60. The molecule has 0 radical (unpaired) electrons. The van der Waals surface area contributed by atoms with Gasteiger partial charge in [0.05, 0.1) is 18.8 Å². The van der Waals surface area contributed by atoms with E-state index in [9.17, 15) is 4.79 Å². The van der Waals surface area contributed by atoms with Gasteiger partial charge < -0.3 is 9.47 Å². The van der Waals surface area contributed by atoms with E-state index in [1.807, 2.05) is 20.8 Å². The van der Waals surface area contributed by atoms with Crippen molar-refractivity contribution in [1.82, 2.24) is 0 Å². The number of esters is 1. The molecule has 0 atom stereocenters. The van der Waals surface area contributed by atoms with Gasteiger partial charge in [0.2, 0.25) is 0 Å². The Kier molecular flexibility index (Phi) is 8.17. The van der Waals surface area contributed by atoms with Crippen molar-refractivity contribution >= 4 is 29.2 Å². The first kappa shape index (κ1) is 19.2.